The van der Waals surface area contributed by atoms with Crippen molar-refractivity contribution in [1.82, 2.24) is 4.98 Å². The molecule has 5 nitrogen and oxygen atoms in total. The Morgan fingerprint density at radius 3 is 2.21 bits per heavy atom. The summed E-state index contributed by atoms with van der Waals surface area (Å²) in [4.78, 5) is 4.18. The number of methoxy groups -OCH3 is 1. The lowest BCUT2D eigenvalue weighted by Gasteiger charge is -2.26. The van der Waals surface area contributed by atoms with Gasteiger partial charge in [0, 0.05) is 35.7 Å². The fourth-order valence-corrected chi connectivity index (χ4v) is 2.58. The second-order valence-corrected chi connectivity index (χ2v) is 6.85. The summed E-state index contributed by atoms with van der Waals surface area (Å²) in [5.74, 6) is -0.443. The van der Waals surface area contributed by atoms with Crippen LogP contribution in [-0.2, 0) is 15.9 Å². The first-order valence-corrected chi connectivity index (χ1v) is 7.60. The van der Waals surface area contributed by atoms with Crippen LogP contribution in [0.5, 0.6) is 0 Å². The van der Waals surface area contributed by atoms with Gasteiger partial charge in [0.15, 0.2) is 0 Å². The second kappa shape index (κ2) is 6.03. The molecule has 0 aliphatic carbocycles. The molecule has 0 saturated heterocycles. The van der Waals surface area contributed by atoms with Crippen molar-refractivity contribution in [2.24, 2.45) is 0 Å². The van der Waals surface area contributed by atoms with Gasteiger partial charge in [-0.2, -0.15) is 0 Å². The van der Waals surface area contributed by atoms with E-state index in [1.165, 1.54) is 12.3 Å². The normalized spacial score (nSPS) is 12.5. The molecule has 0 unspecified atom stereocenters. The molecule has 0 saturated carbocycles. The van der Waals surface area contributed by atoms with E-state index in [0.717, 1.165) is 0 Å². The number of hydrogen-bond donors (Lipinski definition) is 3. The summed E-state index contributed by atoms with van der Waals surface area (Å²) in [5.41, 5.74) is 12.6. The number of nitrogen functional groups attached to an aromatic ring is 2. The van der Waals surface area contributed by atoms with Crippen molar-refractivity contribution in [2.45, 2.75) is 38.9 Å². The van der Waals surface area contributed by atoms with Gasteiger partial charge in [-0.25, -0.2) is 4.39 Å². The third-order valence-electron chi connectivity index (χ3n) is 4.11. The summed E-state index contributed by atoms with van der Waals surface area (Å²) in [7, 11) is 1.55. The molecule has 1 aromatic carbocycles. The quantitative estimate of drug-likeness (QED) is 0.747. The lowest BCUT2D eigenvalue weighted by Crippen LogP contribution is -2.21. The van der Waals surface area contributed by atoms with E-state index in [-0.39, 0.29) is 0 Å². The first-order chi connectivity index (χ1) is 11.0. The van der Waals surface area contributed by atoms with E-state index in [4.69, 9.17) is 16.2 Å². The van der Waals surface area contributed by atoms with Crippen LogP contribution in [0.4, 0.5) is 15.8 Å². The fourth-order valence-electron chi connectivity index (χ4n) is 2.58. The highest BCUT2D eigenvalue weighted by Gasteiger charge is 2.25. The Labute approximate surface area is 141 Å². The van der Waals surface area contributed by atoms with Crippen molar-refractivity contribution in [2.75, 3.05) is 18.6 Å². The lowest BCUT2D eigenvalue weighted by atomic mass is 9.92. The highest BCUT2D eigenvalue weighted by atomic mass is 19.1. The lowest BCUT2D eigenvalue weighted by molar-refractivity contribution is 0.0196. The van der Waals surface area contributed by atoms with E-state index < -0.39 is 17.0 Å². The van der Waals surface area contributed by atoms with E-state index in [0.29, 0.717) is 33.8 Å². The van der Waals surface area contributed by atoms with Gasteiger partial charge in [0.25, 0.3) is 0 Å². The number of ether oxygens (including phenoxy) is 1. The summed E-state index contributed by atoms with van der Waals surface area (Å²) in [6.45, 7) is 6.81. The molecule has 0 fully saturated rings. The van der Waals surface area contributed by atoms with Gasteiger partial charge in [-0.15, -0.1) is 0 Å². The van der Waals surface area contributed by atoms with Gasteiger partial charge in [-0.3, -0.25) is 4.98 Å². The van der Waals surface area contributed by atoms with Crippen LogP contribution >= 0.6 is 0 Å². The maximum Gasteiger partial charge on any atom is 0.131 e. The van der Waals surface area contributed by atoms with Crippen molar-refractivity contribution < 1.29 is 14.2 Å². The average Bonchev–Trinajstić information content (AvgIpc) is 2.47. The second-order valence-electron chi connectivity index (χ2n) is 6.85. The molecular weight excluding hydrogens is 309 g/mol. The Balaban J connectivity index is 2.55. The van der Waals surface area contributed by atoms with Crippen molar-refractivity contribution in [1.29, 1.82) is 0 Å². The number of anilines is 2. The van der Waals surface area contributed by atoms with Gasteiger partial charge in [0.1, 0.15) is 11.4 Å². The maximum atomic E-state index is 14.6. The molecule has 5 N–H and O–H groups in total. The monoisotopic (exact) mass is 333 g/mol. The predicted octanol–water partition coefficient (Wildman–Crippen LogP) is 3.16. The number of benzene rings is 1. The van der Waals surface area contributed by atoms with Crippen molar-refractivity contribution in [3.05, 3.63) is 41.5 Å². The largest absolute Gasteiger partial charge is 0.398 e. The van der Waals surface area contributed by atoms with Gasteiger partial charge in [-0.05, 0) is 45.9 Å². The molecule has 0 aliphatic heterocycles. The molecule has 6 heteroatoms. The topological polar surface area (TPSA) is 94.4 Å². The number of hydrogen-bond acceptors (Lipinski definition) is 5. The highest BCUT2D eigenvalue weighted by Crippen LogP contribution is 2.35. The fraction of sp³-hybridized carbons (Fsp3) is 0.389. The molecule has 0 aliphatic rings. The first-order valence-electron chi connectivity index (χ1n) is 7.60. The number of rotatable bonds is 4. The zero-order valence-electron chi connectivity index (χ0n) is 14.6. The summed E-state index contributed by atoms with van der Waals surface area (Å²) in [5, 5.41) is 10.0. The van der Waals surface area contributed by atoms with Crippen LogP contribution in [0.1, 0.15) is 39.0 Å². The van der Waals surface area contributed by atoms with Gasteiger partial charge >= 0.3 is 0 Å². The zero-order valence-corrected chi connectivity index (χ0v) is 14.6. The molecule has 1 heterocycles. The number of pyridine rings is 1. The summed E-state index contributed by atoms with van der Waals surface area (Å²) in [6, 6.07) is 4.50. The molecule has 2 rings (SSSR count). The van der Waals surface area contributed by atoms with Gasteiger partial charge < -0.3 is 21.3 Å². The Hall–Kier alpha value is -2.18. The Morgan fingerprint density at radius 2 is 1.71 bits per heavy atom. The van der Waals surface area contributed by atoms with Crippen LogP contribution in [-0.4, -0.2) is 17.2 Å². The SMILES string of the molecule is COC(C)(C)c1cc(F)c(-c2cnc(C(C)(C)O)c(N)c2)cc1N. The Morgan fingerprint density at radius 1 is 1.08 bits per heavy atom. The molecule has 2 aromatic rings. The summed E-state index contributed by atoms with van der Waals surface area (Å²) >= 11 is 0. The van der Waals surface area contributed by atoms with E-state index in [9.17, 15) is 9.50 Å². The van der Waals surface area contributed by atoms with Gasteiger partial charge in [0.05, 0.1) is 17.0 Å². The molecule has 0 bridgehead atoms. The summed E-state index contributed by atoms with van der Waals surface area (Å²) < 4.78 is 20.0. The zero-order chi connectivity index (χ0) is 18.3. The van der Waals surface area contributed by atoms with E-state index in [1.54, 1.807) is 33.1 Å². The maximum absolute atomic E-state index is 14.6. The molecule has 0 radical (unpaired) electrons. The van der Waals surface area contributed by atoms with E-state index >= 15 is 0 Å². The van der Waals surface area contributed by atoms with Crippen molar-refractivity contribution >= 4 is 11.4 Å². The van der Waals surface area contributed by atoms with E-state index in [2.05, 4.69) is 4.98 Å². The standard InChI is InChI=1S/C18H24FN3O2/c1-17(2,23)16-15(21)6-10(9-22-16)11-7-14(20)12(8-13(11)19)18(3,4)24-5/h6-9,23H,20-21H2,1-5H3. The smallest absolute Gasteiger partial charge is 0.131 e. The average molecular weight is 333 g/mol. The van der Waals surface area contributed by atoms with Gasteiger partial charge in [0.2, 0.25) is 0 Å². The number of nitrogens with zero attached hydrogens (tertiary/aromatic N) is 1. The molecule has 24 heavy (non-hydrogen) atoms. The number of aliphatic hydroxyl groups is 1. The number of nitrogens with two attached hydrogens (primary N) is 2. The molecule has 0 spiro atoms. The van der Waals surface area contributed by atoms with Crippen molar-refractivity contribution in [3.8, 4) is 11.1 Å². The third-order valence-corrected chi connectivity index (χ3v) is 4.11. The van der Waals surface area contributed by atoms with Crippen LogP contribution in [0, 0.1) is 5.82 Å². The molecule has 130 valence electrons. The Bertz CT molecular complexity index is 768. The number of halogens is 1. The van der Waals surface area contributed by atoms with E-state index in [1.807, 2.05) is 13.8 Å². The molecule has 0 amide bonds. The van der Waals surface area contributed by atoms with Crippen LogP contribution in [0.25, 0.3) is 11.1 Å². The minimum absolute atomic E-state index is 0.291. The molecular formula is C18H24FN3O2. The first kappa shape index (κ1) is 18.2. The van der Waals surface area contributed by atoms with Crippen LogP contribution in [0.2, 0.25) is 0 Å². The van der Waals surface area contributed by atoms with Crippen LogP contribution < -0.4 is 11.5 Å². The van der Waals surface area contributed by atoms with Crippen LogP contribution in [0.3, 0.4) is 0 Å². The minimum Gasteiger partial charge on any atom is -0.398 e. The van der Waals surface area contributed by atoms with Crippen molar-refractivity contribution in [3.63, 3.8) is 0 Å². The highest BCUT2D eigenvalue weighted by molar-refractivity contribution is 5.72. The van der Waals surface area contributed by atoms with Gasteiger partial charge in [-0.1, -0.05) is 0 Å². The molecule has 1 aromatic heterocycles. The Kier molecular flexibility index (Phi) is 4.57. The predicted molar refractivity (Wildman–Crippen MR) is 93.7 cm³/mol. The van der Waals surface area contributed by atoms with Crippen LogP contribution in [0.15, 0.2) is 24.4 Å². The minimum atomic E-state index is -1.17. The molecule has 0 atom stereocenters. The summed E-state index contributed by atoms with van der Waals surface area (Å²) in [6.07, 6.45) is 1.47. The number of aromatic nitrogens is 1. The third kappa shape index (κ3) is 3.34.